The number of carbonyl (C=O) groups is 4. The molecule has 0 aromatic heterocycles. The molecule has 0 radical (unpaired) electrons. The van der Waals surface area contributed by atoms with E-state index in [0.29, 0.717) is 19.4 Å². The van der Waals surface area contributed by atoms with Crippen LogP contribution in [0.2, 0.25) is 0 Å². The Labute approximate surface area is 269 Å². The number of amides is 2. The minimum absolute atomic E-state index is 0.102. The van der Waals surface area contributed by atoms with Gasteiger partial charge in [-0.15, -0.1) is 0 Å². The van der Waals surface area contributed by atoms with Gasteiger partial charge in [-0.05, 0) is 31.6 Å². The average molecular weight is 625 g/mol. The van der Waals surface area contributed by atoms with Crippen LogP contribution in [-0.4, -0.2) is 46.6 Å². The predicted octanol–water partition coefficient (Wildman–Crippen LogP) is 8.95. The van der Waals surface area contributed by atoms with Crippen LogP contribution in [0.15, 0.2) is 0 Å². The number of carboxylic acid groups (broad SMARTS) is 2. The van der Waals surface area contributed by atoms with E-state index in [9.17, 15) is 24.3 Å². The molecule has 2 amide bonds. The van der Waals surface area contributed by atoms with Crippen LogP contribution in [0.25, 0.3) is 0 Å². The van der Waals surface area contributed by atoms with Crippen LogP contribution in [0, 0.1) is 5.92 Å². The van der Waals surface area contributed by atoms with Crippen molar-refractivity contribution in [1.82, 2.24) is 10.6 Å². The Kier molecular flexibility index (Phi) is 29.4. The van der Waals surface area contributed by atoms with E-state index >= 15 is 0 Å². The molecule has 8 nitrogen and oxygen atoms in total. The van der Waals surface area contributed by atoms with E-state index in [-0.39, 0.29) is 24.7 Å². The molecule has 0 aliphatic carbocycles. The molecule has 0 bridgehead atoms. The maximum atomic E-state index is 12.3. The minimum Gasteiger partial charge on any atom is -0.481 e. The number of carbonyl (C=O) groups excluding carboxylic acids is 2. The number of hydrogen-bond donors (Lipinski definition) is 4. The highest BCUT2D eigenvalue weighted by atomic mass is 16.4. The summed E-state index contributed by atoms with van der Waals surface area (Å²) < 4.78 is 0. The Morgan fingerprint density at radius 3 is 1.32 bits per heavy atom. The summed E-state index contributed by atoms with van der Waals surface area (Å²) in [6.45, 7) is 5.07. The van der Waals surface area contributed by atoms with E-state index in [1.165, 1.54) is 96.3 Å². The summed E-state index contributed by atoms with van der Waals surface area (Å²) in [6, 6.07) is -1.02. The molecule has 0 saturated heterocycles. The van der Waals surface area contributed by atoms with E-state index in [2.05, 4.69) is 24.5 Å². The molecule has 0 fully saturated rings. The zero-order chi connectivity index (χ0) is 32.7. The molecular formula is C36H68N2O6. The monoisotopic (exact) mass is 625 g/mol. The first-order valence-electron chi connectivity index (χ1n) is 18.2. The number of hydrogen-bond acceptors (Lipinski definition) is 4. The molecule has 0 rings (SSSR count). The molecule has 4 N–H and O–H groups in total. The van der Waals surface area contributed by atoms with Crippen molar-refractivity contribution in [3.63, 3.8) is 0 Å². The highest BCUT2D eigenvalue weighted by Gasteiger charge is 2.20. The summed E-state index contributed by atoms with van der Waals surface area (Å²) >= 11 is 0. The Morgan fingerprint density at radius 2 is 0.886 bits per heavy atom. The van der Waals surface area contributed by atoms with Crippen LogP contribution in [0.4, 0.5) is 0 Å². The summed E-state index contributed by atoms with van der Waals surface area (Å²) in [4.78, 5) is 46.4. The molecule has 1 atom stereocenters. The first-order valence-corrected chi connectivity index (χ1v) is 18.2. The van der Waals surface area contributed by atoms with Gasteiger partial charge in [0.15, 0.2) is 0 Å². The lowest BCUT2D eigenvalue weighted by Crippen LogP contribution is -2.41. The quantitative estimate of drug-likeness (QED) is 0.0539. The Bertz CT molecular complexity index is 727. The van der Waals surface area contributed by atoms with Crippen LogP contribution < -0.4 is 10.6 Å². The molecule has 258 valence electrons. The first kappa shape index (κ1) is 41.9. The highest BCUT2D eigenvalue weighted by molar-refractivity contribution is 5.84. The second kappa shape index (κ2) is 30.9. The van der Waals surface area contributed by atoms with Crippen LogP contribution in [0.1, 0.15) is 187 Å². The Morgan fingerprint density at radius 1 is 0.477 bits per heavy atom. The van der Waals surface area contributed by atoms with Crippen LogP contribution >= 0.6 is 0 Å². The second-order valence-electron chi connectivity index (χ2n) is 13.2. The van der Waals surface area contributed by atoms with Gasteiger partial charge in [-0.1, -0.05) is 142 Å². The van der Waals surface area contributed by atoms with Gasteiger partial charge in [0.25, 0.3) is 0 Å². The lowest BCUT2D eigenvalue weighted by atomic mass is 10.0. The SMILES string of the molecule is CC(C)CCCCCCNC(=O)CCC(NC(=O)CCCCCCCCCCCCCCCCCCCCC(=O)O)C(=O)O. The van der Waals surface area contributed by atoms with E-state index < -0.39 is 18.0 Å². The Balaban J connectivity index is 3.57. The van der Waals surface area contributed by atoms with Gasteiger partial charge in [0, 0.05) is 25.8 Å². The lowest BCUT2D eigenvalue weighted by Gasteiger charge is -2.14. The van der Waals surface area contributed by atoms with Crippen LogP contribution in [0.5, 0.6) is 0 Å². The predicted molar refractivity (Wildman–Crippen MR) is 180 cm³/mol. The summed E-state index contributed by atoms with van der Waals surface area (Å²) in [7, 11) is 0. The zero-order valence-electron chi connectivity index (χ0n) is 28.5. The van der Waals surface area contributed by atoms with E-state index in [0.717, 1.165) is 57.3 Å². The van der Waals surface area contributed by atoms with Gasteiger partial charge in [-0.2, -0.15) is 0 Å². The third-order valence-electron chi connectivity index (χ3n) is 8.37. The third-order valence-corrected chi connectivity index (χ3v) is 8.37. The van der Waals surface area contributed by atoms with Gasteiger partial charge in [-0.3, -0.25) is 14.4 Å². The van der Waals surface area contributed by atoms with Gasteiger partial charge in [0.05, 0.1) is 0 Å². The number of unbranched alkanes of at least 4 members (excludes halogenated alkanes) is 20. The fourth-order valence-electron chi connectivity index (χ4n) is 5.54. The van der Waals surface area contributed by atoms with Gasteiger partial charge >= 0.3 is 11.9 Å². The van der Waals surface area contributed by atoms with Crippen molar-refractivity contribution >= 4 is 23.8 Å². The maximum absolute atomic E-state index is 12.3. The summed E-state index contributed by atoms with van der Waals surface area (Å²) in [5.41, 5.74) is 0. The molecule has 0 heterocycles. The lowest BCUT2D eigenvalue weighted by molar-refractivity contribution is -0.142. The molecule has 1 unspecified atom stereocenters. The number of carboxylic acids is 2. The van der Waals surface area contributed by atoms with Gasteiger partial charge in [0.2, 0.25) is 11.8 Å². The fourth-order valence-corrected chi connectivity index (χ4v) is 5.54. The molecule has 8 heteroatoms. The number of nitrogens with one attached hydrogen (secondary N) is 2. The van der Waals surface area contributed by atoms with Gasteiger partial charge in [0.1, 0.15) is 6.04 Å². The van der Waals surface area contributed by atoms with E-state index in [4.69, 9.17) is 5.11 Å². The number of aliphatic carboxylic acids is 2. The molecule has 0 spiro atoms. The van der Waals surface area contributed by atoms with Crippen molar-refractivity contribution in [2.45, 2.75) is 193 Å². The first-order chi connectivity index (χ1) is 21.2. The van der Waals surface area contributed by atoms with Crippen LogP contribution in [0.3, 0.4) is 0 Å². The molecule has 44 heavy (non-hydrogen) atoms. The average Bonchev–Trinajstić information content (AvgIpc) is 2.97. The topological polar surface area (TPSA) is 133 Å². The maximum Gasteiger partial charge on any atom is 0.326 e. The van der Waals surface area contributed by atoms with Crippen molar-refractivity contribution in [2.75, 3.05) is 6.54 Å². The number of rotatable bonds is 33. The van der Waals surface area contributed by atoms with Crippen molar-refractivity contribution in [3.05, 3.63) is 0 Å². The van der Waals surface area contributed by atoms with Gasteiger partial charge < -0.3 is 20.8 Å². The van der Waals surface area contributed by atoms with Gasteiger partial charge in [-0.25, -0.2) is 4.79 Å². The van der Waals surface area contributed by atoms with Crippen LogP contribution in [-0.2, 0) is 19.2 Å². The zero-order valence-corrected chi connectivity index (χ0v) is 28.5. The van der Waals surface area contributed by atoms with E-state index in [1.807, 2.05) is 0 Å². The smallest absolute Gasteiger partial charge is 0.326 e. The van der Waals surface area contributed by atoms with Crippen molar-refractivity contribution in [3.8, 4) is 0 Å². The molecular weight excluding hydrogens is 556 g/mol. The molecule has 0 aromatic carbocycles. The normalized spacial score (nSPS) is 11.9. The third kappa shape index (κ3) is 31.3. The molecule has 0 saturated carbocycles. The van der Waals surface area contributed by atoms with E-state index in [1.54, 1.807) is 0 Å². The van der Waals surface area contributed by atoms with Crippen molar-refractivity contribution in [2.24, 2.45) is 5.92 Å². The van der Waals surface area contributed by atoms with Crippen molar-refractivity contribution < 1.29 is 29.4 Å². The second-order valence-corrected chi connectivity index (χ2v) is 13.2. The minimum atomic E-state index is -1.09. The summed E-state index contributed by atoms with van der Waals surface area (Å²) in [5.74, 6) is -1.44. The molecule has 0 aliphatic heterocycles. The molecule has 0 aliphatic rings. The summed E-state index contributed by atoms with van der Waals surface area (Å²) in [5, 5.41) is 23.6. The fraction of sp³-hybridized carbons (Fsp3) is 0.889. The van der Waals surface area contributed by atoms with Crippen molar-refractivity contribution in [1.29, 1.82) is 0 Å². The Hall–Kier alpha value is -2.12. The largest absolute Gasteiger partial charge is 0.481 e. The summed E-state index contributed by atoms with van der Waals surface area (Å²) in [6.07, 6.45) is 27.8. The standard InChI is InChI=1S/C36H68N2O6/c1-31(2)25-21-19-20-24-30-37-33(39)29-28-32(36(43)44)38-34(40)26-22-17-15-13-11-9-7-5-3-4-6-8-10-12-14-16-18-23-27-35(41)42/h31-32H,3-30H2,1-2H3,(H,37,39)(H,38,40)(H,41,42)(H,43,44). The highest BCUT2D eigenvalue weighted by Crippen LogP contribution is 2.15. The molecule has 0 aromatic rings.